The third-order valence-electron chi connectivity index (χ3n) is 2.05. The number of carbonyl (C=O) groups excluding carboxylic acids is 1. The molecule has 82 valence electrons. The van der Waals surface area contributed by atoms with Crippen LogP contribution in [0.2, 0.25) is 0 Å². The normalized spacial score (nSPS) is 10.1. The molecule has 6 nitrogen and oxygen atoms in total. The Morgan fingerprint density at radius 1 is 1.31 bits per heavy atom. The highest BCUT2D eigenvalue weighted by Crippen LogP contribution is 2.13. The van der Waals surface area contributed by atoms with Crippen LogP contribution in [0.5, 0.6) is 0 Å². The van der Waals surface area contributed by atoms with E-state index in [9.17, 15) is 4.79 Å². The summed E-state index contributed by atoms with van der Waals surface area (Å²) in [5, 5.41) is 4.02. The number of rotatable bonds is 2. The molecule has 0 fully saturated rings. The molecule has 6 heteroatoms. The van der Waals surface area contributed by atoms with Crippen LogP contribution in [0.15, 0.2) is 24.8 Å². The summed E-state index contributed by atoms with van der Waals surface area (Å²) in [6.45, 7) is 0. The van der Waals surface area contributed by atoms with Gasteiger partial charge in [-0.1, -0.05) is 0 Å². The molecule has 0 radical (unpaired) electrons. The molecule has 0 atom stereocenters. The van der Waals surface area contributed by atoms with Crippen LogP contribution in [-0.2, 0) is 11.8 Å². The van der Waals surface area contributed by atoms with E-state index in [-0.39, 0.29) is 5.69 Å². The molecule has 0 saturated heterocycles. The Hall–Kier alpha value is -2.24. The van der Waals surface area contributed by atoms with Crippen molar-refractivity contribution in [1.29, 1.82) is 0 Å². The van der Waals surface area contributed by atoms with Crippen molar-refractivity contribution in [3.05, 3.63) is 30.5 Å². The standard InChI is InChI=1S/C10H10N4O2/c1-14-6-7(3-13-14)8-4-12-9(5-11-8)10(15)16-2/h3-6H,1-2H3. The molecule has 2 aromatic heterocycles. The Morgan fingerprint density at radius 2 is 2.12 bits per heavy atom. The zero-order valence-corrected chi connectivity index (χ0v) is 8.91. The largest absolute Gasteiger partial charge is 0.464 e. The van der Waals surface area contributed by atoms with Gasteiger partial charge in [0.25, 0.3) is 0 Å². The summed E-state index contributed by atoms with van der Waals surface area (Å²) in [6.07, 6.45) is 6.40. The average Bonchev–Trinajstić information content (AvgIpc) is 2.75. The van der Waals surface area contributed by atoms with Crippen LogP contribution in [0.25, 0.3) is 11.3 Å². The number of hydrogen-bond acceptors (Lipinski definition) is 5. The maximum atomic E-state index is 11.1. The fourth-order valence-electron chi connectivity index (χ4n) is 1.24. The van der Waals surface area contributed by atoms with Crippen molar-refractivity contribution in [3.8, 4) is 11.3 Å². The molecule has 0 bridgehead atoms. The predicted molar refractivity (Wildman–Crippen MR) is 55.6 cm³/mol. The van der Waals surface area contributed by atoms with Crippen LogP contribution >= 0.6 is 0 Å². The zero-order chi connectivity index (χ0) is 11.5. The van der Waals surface area contributed by atoms with Gasteiger partial charge in [-0.15, -0.1) is 0 Å². The molecular weight excluding hydrogens is 208 g/mol. The van der Waals surface area contributed by atoms with Gasteiger partial charge in [-0.05, 0) is 0 Å². The summed E-state index contributed by atoms with van der Waals surface area (Å²) in [5.74, 6) is -0.495. The van der Waals surface area contributed by atoms with E-state index in [1.807, 2.05) is 13.2 Å². The summed E-state index contributed by atoms with van der Waals surface area (Å²) in [5.41, 5.74) is 1.71. The van der Waals surface area contributed by atoms with E-state index >= 15 is 0 Å². The van der Waals surface area contributed by atoms with Crippen molar-refractivity contribution in [2.24, 2.45) is 7.05 Å². The lowest BCUT2D eigenvalue weighted by Gasteiger charge is -1.98. The van der Waals surface area contributed by atoms with Crippen LogP contribution in [0.1, 0.15) is 10.5 Å². The molecule has 0 spiro atoms. The van der Waals surface area contributed by atoms with Gasteiger partial charge >= 0.3 is 5.97 Å². The Bertz CT molecular complexity index is 504. The van der Waals surface area contributed by atoms with E-state index in [4.69, 9.17) is 0 Å². The van der Waals surface area contributed by atoms with Crippen molar-refractivity contribution in [1.82, 2.24) is 19.7 Å². The first-order chi connectivity index (χ1) is 7.70. The second-order valence-corrected chi connectivity index (χ2v) is 3.18. The Balaban J connectivity index is 2.29. The van der Waals surface area contributed by atoms with Gasteiger partial charge in [0.1, 0.15) is 0 Å². The minimum Gasteiger partial charge on any atom is -0.464 e. The maximum absolute atomic E-state index is 11.1. The molecule has 2 rings (SSSR count). The maximum Gasteiger partial charge on any atom is 0.358 e. The van der Waals surface area contributed by atoms with Crippen LogP contribution in [0, 0.1) is 0 Å². The molecule has 0 amide bonds. The van der Waals surface area contributed by atoms with Crippen molar-refractivity contribution >= 4 is 5.97 Å². The smallest absolute Gasteiger partial charge is 0.358 e. The fourth-order valence-corrected chi connectivity index (χ4v) is 1.24. The zero-order valence-electron chi connectivity index (χ0n) is 8.91. The molecule has 0 aliphatic carbocycles. The van der Waals surface area contributed by atoms with E-state index < -0.39 is 5.97 Å². The van der Waals surface area contributed by atoms with Crippen LogP contribution in [-0.4, -0.2) is 32.8 Å². The highest BCUT2D eigenvalue weighted by Gasteiger charge is 2.08. The van der Waals surface area contributed by atoms with Gasteiger partial charge < -0.3 is 4.74 Å². The molecule has 2 aromatic rings. The second kappa shape index (κ2) is 4.09. The summed E-state index contributed by atoms with van der Waals surface area (Å²) in [4.78, 5) is 19.2. The molecule has 2 heterocycles. The van der Waals surface area contributed by atoms with Crippen molar-refractivity contribution in [3.63, 3.8) is 0 Å². The molecule has 0 unspecified atom stereocenters. The lowest BCUT2D eigenvalue weighted by atomic mass is 10.2. The van der Waals surface area contributed by atoms with Gasteiger partial charge in [-0.3, -0.25) is 9.67 Å². The quantitative estimate of drug-likeness (QED) is 0.692. The monoisotopic (exact) mass is 218 g/mol. The molecule has 0 N–H and O–H groups in total. The third-order valence-corrected chi connectivity index (χ3v) is 2.05. The molecule has 0 saturated carbocycles. The minimum absolute atomic E-state index is 0.190. The fraction of sp³-hybridized carbons (Fsp3) is 0.200. The first-order valence-electron chi connectivity index (χ1n) is 4.60. The molecule has 0 aromatic carbocycles. The Labute approximate surface area is 91.9 Å². The molecule has 0 aliphatic heterocycles. The number of ether oxygens (including phenoxy) is 1. The van der Waals surface area contributed by atoms with E-state index in [0.717, 1.165) is 5.56 Å². The number of carbonyl (C=O) groups is 1. The van der Waals surface area contributed by atoms with E-state index in [2.05, 4.69) is 19.8 Å². The van der Waals surface area contributed by atoms with Gasteiger partial charge in [0.05, 0.1) is 31.4 Å². The van der Waals surface area contributed by atoms with Gasteiger partial charge in [-0.2, -0.15) is 5.10 Å². The summed E-state index contributed by atoms with van der Waals surface area (Å²) >= 11 is 0. The number of aryl methyl sites for hydroxylation is 1. The molecule has 0 aliphatic rings. The summed E-state index contributed by atoms with van der Waals surface area (Å²) in [6, 6.07) is 0. The van der Waals surface area contributed by atoms with Gasteiger partial charge in [0, 0.05) is 18.8 Å². The minimum atomic E-state index is -0.495. The number of methoxy groups -OCH3 is 1. The number of nitrogens with zero attached hydrogens (tertiary/aromatic N) is 4. The van der Waals surface area contributed by atoms with Crippen LogP contribution in [0.3, 0.4) is 0 Å². The Kier molecular flexibility index (Phi) is 2.63. The van der Waals surface area contributed by atoms with E-state index in [1.165, 1.54) is 19.5 Å². The first-order valence-corrected chi connectivity index (χ1v) is 4.60. The van der Waals surface area contributed by atoms with E-state index in [1.54, 1.807) is 10.9 Å². The van der Waals surface area contributed by atoms with Crippen molar-refractivity contribution < 1.29 is 9.53 Å². The highest BCUT2D eigenvalue weighted by atomic mass is 16.5. The lowest BCUT2D eigenvalue weighted by molar-refractivity contribution is 0.0593. The summed E-state index contributed by atoms with van der Waals surface area (Å²) in [7, 11) is 3.12. The average molecular weight is 218 g/mol. The van der Waals surface area contributed by atoms with E-state index in [0.29, 0.717) is 5.69 Å². The van der Waals surface area contributed by atoms with Gasteiger partial charge in [0.15, 0.2) is 5.69 Å². The molecule has 16 heavy (non-hydrogen) atoms. The number of hydrogen-bond donors (Lipinski definition) is 0. The molecular formula is C10H10N4O2. The SMILES string of the molecule is COC(=O)c1cnc(-c2cnn(C)c2)cn1. The second-order valence-electron chi connectivity index (χ2n) is 3.18. The third kappa shape index (κ3) is 1.90. The lowest BCUT2D eigenvalue weighted by Crippen LogP contribution is -2.04. The summed E-state index contributed by atoms with van der Waals surface area (Å²) < 4.78 is 6.20. The number of esters is 1. The van der Waals surface area contributed by atoms with Crippen LogP contribution < -0.4 is 0 Å². The first kappa shape index (κ1) is 10.3. The topological polar surface area (TPSA) is 69.9 Å². The van der Waals surface area contributed by atoms with Crippen molar-refractivity contribution in [2.75, 3.05) is 7.11 Å². The van der Waals surface area contributed by atoms with Crippen LogP contribution in [0.4, 0.5) is 0 Å². The van der Waals surface area contributed by atoms with Crippen molar-refractivity contribution in [2.45, 2.75) is 0 Å². The predicted octanol–water partition coefficient (Wildman–Crippen LogP) is 0.664. The van der Waals surface area contributed by atoms with Gasteiger partial charge in [0.2, 0.25) is 0 Å². The highest BCUT2D eigenvalue weighted by molar-refractivity contribution is 5.86. The Morgan fingerprint density at radius 3 is 2.62 bits per heavy atom. The number of aromatic nitrogens is 4. The van der Waals surface area contributed by atoms with Gasteiger partial charge in [-0.25, -0.2) is 9.78 Å².